The number of thioether (sulfide) groups is 1. The second-order valence-electron chi connectivity index (χ2n) is 8.00. The second kappa shape index (κ2) is 10.2. The summed E-state index contributed by atoms with van der Waals surface area (Å²) in [5.41, 5.74) is 1.14. The molecule has 5 N–H and O–H groups in total. The predicted molar refractivity (Wildman–Crippen MR) is 137 cm³/mol. The summed E-state index contributed by atoms with van der Waals surface area (Å²) in [5, 5.41) is 32.0. The number of halogens is 1. The molecule has 0 aliphatic carbocycles. The summed E-state index contributed by atoms with van der Waals surface area (Å²) in [6, 6.07) is 11.2. The fourth-order valence-electron chi connectivity index (χ4n) is 3.52. The molecule has 2 aliphatic rings. The van der Waals surface area contributed by atoms with Gasteiger partial charge in [0.1, 0.15) is 42.0 Å². The van der Waals surface area contributed by atoms with Crippen LogP contribution in [-0.4, -0.2) is 63.5 Å². The minimum atomic E-state index is -1.03. The summed E-state index contributed by atoms with van der Waals surface area (Å²) in [6.45, 7) is -0.0366. The van der Waals surface area contributed by atoms with Gasteiger partial charge in [-0.05, 0) is 41.8 Å². The molecule has 35 heavy (non-hydrogen) atoms. The molecular formula is C23H23ClN6O4S. The normalized spacial score (nSPS) is 18.1. The van der Waals surface area contributed by atoms with Gasteiger partial charge in [-0.15, -0.1) is 11.8 Å². The number of anilines is 3. The number of nitrogens with zero attached hydrogens (tertiary/aromatic N) is 3. The number of hydrogen-bond acceptors (Lipinski definition) is 11. The van der Waals surface area contributed by atoms with Gasteiger partial charge >= 0.3 is 0 Å². The topological polar surface area (TPSA) is 133 Å². The van der Waals surface area contributed by atoms with E-state index in [0.29, 0.717) is 28.9 Å². The third kappa shape index (κ3) is 5.22. The molecule has 3 heterocycles. The average molecular weight is 515 g/mol. The Kier molecular flexibility index (Phi) is 6.82. The summed E-state index contributed by atoms with van der Waals surface area (Å²) >= 11 is 8.11. The SMILES string of the molecule is OCC1(CO)COC(Nc2ccc3ncnc(Nc4ccc(OCC5NC=CS5)c(Cl)c4)c3c2)=N1. The molecule has 0 saturated carbocycles. The Hall–Kier alpha value is -3.25. The molecule has 1 aromatic heterocycles. The molecule has 1 atom stereocenters. The van der Waals surface area contributed by atoms with Crippen molar-refractivity contribution < 1.29 is 19.7 Å². The van der Waals surface area contributed by atoms with Gasteiger partial charge in [0.05, 0.1) is 23.8 Å². The van der Waals surface area contributed by atoms with Crippen molar-refractivity contribution in [1.82, 2.24) is 15.3 Å². The summed E-state index contributed by atoms with van der Waals surface area (Å²) < 4.78 is 11.3. The van der Waals surface area contributed by atoms with E-state index in [1.165, 1.54) is 6.33 Å². The minimum absolute atomic E-state index is 0.0964. The molecule has 0 bridgehead atoms. The molecule has 0 amide bonds. The number of aliphatic hydroxyl groups excluding tert-OH is 2. The average Bonchev–Trinajstić information content (AvgIpc) is 3.54. The fraction of sp³-hybridized carbons (Fsp3) is 0.261. The maximum atomic E-state index is 9.51. The van der Waals surface area contributed by atoms with E-state index in [0.717, 1.165) is 16.6 Å². The van der Waals surface area contributed by atoms with Crippen molar-refractivity contribution in [3.63, 3.8) is 0 Å². The lowest BCUT2D eigenvalue weighted by Gasteiger charge is -2.16. The molecule has 0 fully saturated rings. The Balaban J connectivity index is 1.32. The first-order valence-corrected chi connectivity index (χ1v) is 12.1. The van der Waals surface area contributed by atoms with E-state index in [-0.39, 0.29) is 31.2 Å². The van der Waals surface area contributed by atoms with Crippen LogP contribution in [0.15, 0.2) is 59.3 Å². The van der Waals surface area contributed by atoms with Gasteiger partial charge in [0.2, 0.25) is 0 Å². The summed E-state index contributed by atoms with van der Waals surface area (Å²) in [4.78, 5) is 13.0. The van der Waals surface area contributed by atoms with Gasteiger partial charge in [0.15, 0.2) is 0 Å². The molecule has 0 saturated heterocycles. The van der Waals surface area contributed by atoms with Gasteiger partial charge in [-0.1, -0.05) is 11.6 Å². The zero-order chi connectivity index (χ0) is 24.3. The third-order valence-electron chi connectivity index (χ3n) is 5.47. The minimum Gasteiger partial charge on any atom is -0.489 e. The van der Waals surface area contributed by atoms with Gasteiger partial charge in [0.25, 0.3) is 6.02 Å². The third-order valence-corrected chi connectivity index (χ3v) is 6.66. The van der Waals surface area contributed by atoms with Crippen LogP contribution in [0, 0.1) is 0 Å². The van der Waals surface area contributed by atoms with Crippen molar-refractivity contribution in [2.75, 3.05) is 37.1 Å². The van der Waals surface area contributed by atoms with Crippen LogP contribution in [0.4, 0.5) is 17.2 Å². The maximum Gasteiger partial charge on any atom is 0.290 e. The van der Waals surface area contributed by atoms with Crippen molar-refractivity contribution in [1.29, 1.82) is 0 Å². The number of ether oxygens (including phenoxy) is 2. The molecule has 2 aromatic carbocycles. The lowest BCUT2D eigenvalue weighted by molar-refractivity contribution is 0.0976. The van der Waals surface area contributed by atoms with Crippen molar-refractivity contribution in [3.05, 3.63) is 59.4 Å². The van der Waals surface area contributed by atoms with Crippen LogP contribution < -0.4 is 20.7 Å². The standard InChI is InChI=1S/C23H23ClN6O4S/c24-17-8-15(2-4-19(17)33-9-20-25-5-6-35-20)28-21-16-7-14(1-3-18(16)26-13-27-21)29-22-30-23(10-31,11-32)12-34-22/h1-8,13,20,25,31-32H,9-12H2,(H,29,30)(H,26,27,28). The summed E-state index contributed by atoms with van der Waals surface area (Å²) in [6.07, 6.45) is 3.38. The number of nitrogens with one attached hydrogen (secondary N) is 3. The van der Waals surface area contributed by atoms with Crippen LogP contribution in [0.2, 0.25) is 5.02 Å². The highest BCUT2D eigenvalue weighted by Crippen LogP contribution is 2.32. The van der Waals surface area contributed by atoms with Gasteiger partial charge in [-0.25, -0.2) is 15.0 Å². The Labute approximate surface area is 210 Å². The van der Waals surface area contributed by atoms with Crippen LogP contribution in [0.1, 0.15) is 0 Å². The fourth-order valence-corrected chi connectivity index (χ4v) is 4.41. The highest BCUT2D eigenvalue weighted by molar-refractivity contribution is 8.02. The largest absolute Gasteiger partial charge is 0.489 e. The van der Waals surface area contributed by atoms with Gasteiger partial charge in [-0.2, -0.15) is 0 Å². The zero-order valence-electron chi connectivity index (χ0n) is 18.4. The van der Waals surface area contributed by atoms with E-state index >= 15 is 0 Å². The smallest absolute Gasteiger partial charge is 0.290 e. The monoisotopic (exact) mass is 514 g/mol. The van der Waals surface area contributed by atoms with Crippen LogP contribution in [0.25, 0.3) is 10.9 Å². The van der Waals surface area contributed by atoms with Crippen molar-refractivity contribution in [2.45, 2.75) is 10.9 Å². The van der Waals surface area contributed by atoms with Gasteiger partial charge in [-0.3, -0.25) is 0 Å². The second-order valence-corrected chi connectivity index (χ2v) is 9.52. The maximum absolute atomic E-state index is 9.51. The molecule has 182 valence electrons. The number of aromatic nitrogens is 2. The molecule has 1 unspecified atom stereocenters. The number of amidine groups is 1. The molecule has 3 aromatic rings. The van der Waals surface area contributed by atoms with E-state index in [9.17, 15) is 10.2 Å². The number of benzene rings is 2. The molecule has 0 spiro atoms. The number of rotatable bonds is 8. The van der Waals surface area contributed by atoms with Crippen LogP contribution in [0.5, 0.6) is 5.75 Å². The van der Waals surface area contributed by atoms with E-state index < -0.39 is 5.54 Å². The Morgan fingerprint density at radius 3 is 2.71 bits per heavy atom. The first-order valence-electron chi connectivity index (χ1n) is 10.8. The van der Waals surface area contributed by atoms with Gasteiger partial charge in [0, 0.05) is 23.0 Å². The van der Waals surface area contributed by atoms with Crippen molar-refractivity contribution in [2.24, 2.45) is 4.99 Å². The lowest BCUT2D eigenvalue weighted by Crippen LogP contribution is -2.37. The van der Waals surface area contributed by atoms with E-state index in [1.54, 1.807) is 17.8 Å². The van der Waals surface area contributed by atoms with Crippen molar-refractivity contribution >= 4 is 57.5 Å². The predicted octanol–water partition coefficient (Wildman–Crippen LogP) is 3.06. The Bertz CT molecular complexity index is 1280. The van der Waals surface area contributed by atoms with Gasteiger partial charge < -0.3 is 35.6 Å². The number of aliphatic hydroxyl groups is 2. The van der Waals surface area contributed by atoms with Crippen LogP contribution in [0.3, 0.4) is 0 Å². The van der Waals surface area contributed by atoms with E-state index in [4.69, 9.17) is 21.1 Å². The quantitative estimate of drug-likeness (QED) is 0.305. The van der Waals surface area contributed by atoms with Crippen LogP contribution >= 0.6 is 23.4 Å². The highest BCUT2D eigenvalue weighted by atomic mass is 35.5. The number of aliphatic imine (C=N–C) groups is 1. The number of fused-ring (bicyclic) bond motifs is 1. The Morgan fingerprint density at radius 2 is 1.97 bits per heavy atom. The molecular weight excluding hydrogens is 492 g/mol. The highest BCUT2D eigenvalue weighted by Gasteiger charge is 2.35. The Morgan fingerprint density at radius 1 is 1.14 bits per heavy atom. The lowest BCUT2D eigenvalue weighted by atomic mass is 10.1. The molecule has 2 aliphatic heterocycles. The summed E-state index contributed by atoms with van der Waals surface area (Å²) in [7, 11) is 0. The molecule has 5 rings (SSSR count). The van der Waals surface area contributed by atoms with Crippen LogP contribution in [-0.2, 0) is 4.74 Å². The molecule has 10 nitrogen and oxygen atoms in total. The zero-order valence-corrected chi connectivity index (χ0v) is 20.0. The molecule has 0 radical (unpaired) electrons. The first-order chi connectivity index (χ1) is 17.1. The molecule has 12 heteroatoms. The number of hydrogen-bond donors (Lipinski definition) is 5. The summed E-state index contributed by atoms with van der Waals surface area (Å²) in [5.74, 6) is 1.19. The first kappa shape index (κ1) is 23.5. The van der Waals surface area contributed by atoms with Crippen molar-refractivity contribution in [3.8, 4) is 5.75 Å². The van der Waals surface area contributed by atoms with E-state index in [1.807, 2.05) is 41.9 Å². The van der Waals surface area contributed by atoms with E-state index in [2.05, 4.69) is 30.9 Å².